The topological polar surface area (TPSA) is 58.2 Å². The first-order valence-electron chi connectivity index (χ1n) is 6.45. The first kappa shape index (κ1) is 15.3. The third kappa shape index (κ3) is 4.72. The van der Waals surface area contributed by atoms with Crippen molar-refractivity contribution in [2.75, 3.05) is 10.6 Å². The van der Waals surface area contributed by atoms with Crippen LogP contribution in [0.1, 0.15) is 12.0 Å². The van der Waals surface area contributed by atoms with Crippen LogP contribution in [0, 0.1) is 0 Å². The molecule has 0 aliphatic heterocycles. The zero-order valence-electron chi connectivity index (χ0n) is 11.2. The molecule has 0 saturated heterocycles. The second-order valence-electron chi connectivity index (χ2n) is 4.39. The van der Waals surface area contributed by atoms with Gasteiger partial charge in [-0.05, 0) is 42.3 Å². The Bertz CT molecular complexity index is 626. The number of para-hydroxylation sites is 1. The minimum absolute atomic E-state index is 0.313. The zero-order valence-corrected chi connectivity index (χ0v) is 12.8. The van der Waals surface area contributed by atoms with Gasteiger partial charge in [-0.3, -0.25) is 4.79 Å². The maximum atomic E-state index is 12.0. The number of hydrogen-bond donors (Lipinski definition) is 2. The van der Waals surface area contributed by atoms with E-state index in [0.29, 0.717) is 24.2 Å². The molecule has 0 fully saturated rings. The summed E-state index contributed by atoms with van der Waals surface area (Å²) in [4.78, 5) is 22.3. The summed E-state index contributed by atoms with van der Waals surface area (Å²) < 4.78 is 0.948. The fourth-order valence-corrected chi connectivity index (χ4v) is 2.13. The number of carbonyl (C=O) groups excluding carboxylic acids is 2. The summed E-state index contributed by atoms with van der Waals surface area (Å²) in [5, 5.41) is 5.54. The summed E-state index contributed by atoms with van der Waals surface area (Å²) in [7, 11) is 0. The molecule has 0 aliphatic rings. The minimum Gasteiger partial charge on any atom is -0.308 e. The number of nitrogens with one attached hydrogen (secondary N) is 2. The van der Waals surface area contributed by atoms with Crippen molar-refractivity contribution in [3.63, 3.8) is 0 Å². The third-order valence-corrected chi connectivity index (χ3v) is 3.39. The molecule has 2 rings (SSSR count). The maximum Gasteiger partial charge on any atom is 0.323 e. The molecule has 2 N–H and O–H groups in total. The Labute approximate surface area is 131 Å². The molecule has 0 unspecified atom stereocenters. The van der Waals surface area contributed by atoms with E-state index >= 15 is 0 Å². The van der Waals surface area contributed by atoms with E-state index < -0.39 is 0 Å². The molecule has 0 atom stereocenters. The van der Waals surface area contributed by atoms with E-state index in [1.165, 1.54) is 0 Å². The van der Waals surface area contributed by atoms with E-state index in [2.05, 4.69) is 26.6 Å². The molecule has 2 aromatic rings. The lowest BCUT2D eigenvalue weighted by Crippen LogP contribution is -2.20. The number of benzene rings is 2. The lowest BCUT2D eigenvalue weighted by molar-refractivity contribution is 0.262. The van der Waals surface area contributed by atoms with E-state index in [1.54, 1.807) is 18.2 Å². The standard InChI is InChI=1S/C16H14BrN2O2/c17-13-7-9-14(10-8-13)18-16(21)19-15-6-2-1-4-12(15)5-3-11-20/h1-2,4,6-10H,3,5H2,(H2,18,19,21). The fourth-order valence-electron chi connectivity index (χ4n) is 1.86. The van der Waals surface area contributed by atoms with Gasteiger partial charge in [0.25, 0.3) is 0 Å². The Morgan fingerprint density at radius 1 is 1.05 bits per heavy atom. The van der Waals surface area contributed by atoms with Gasteiger partial charge in [-0.2, -0.15) is 0 Å². The molecule has 2 amide bonds. The Hall–Kier alpha value is -2.14. The van der Waals surface area contributed by atoms with Crippen LogP contribution in [0.3, 0.4) is 0 Å². The van der Waals surface area contributed by atoms with Gasteiger partial charge in [0.15, 0.2) is 6.29 Å². The number of halogens is 1. The van der Waals surface area contributed by atoms with Crippen molar-refractivity contribution in [2.24, 2.45) is 0 Å². The van der Waals surface area contributed by atoms with Gasteiger partial charge in [-0.25, -0.2) is 4.79 Å². The molecular weight excluding hydrogens is 332 g/mol. The van der Waals surface area contributed by atoms with Gasteiger partial charge in [0, 0.05) is 22.3 Å². The van der Waals surface area contributed by atoms with Crippen molar-refractivity contribution >= 4 is 39.6 Å². The van der Waals surface area contributed by atoms with Crippen molar-refractivity contribution in [3.05, 3.63) is 58.6 Å². The first-order chi connectivity index (χ1) is 10.2. The van der Waals surface area contributed by atoms with Crippen LogP contribution in [-0.2, 0) is 11.2 Å². The van der Waals surface area contributed by atoms with Crippen LogP contribution in [0.25, 0.3) is 0 Å². The van der Waals surface area contributed by atoms with Crippen LogP contribution in [0.2, 0.25) is 0 Å². The lowest BCUT2D eigenvalue weighted by atomic mass is 10.1. The van der Waals surface area contributed by atoms with E-state index in [4.69, 9.17) is 0 Å². The number of aryl methyl sites for hydroxylation is 1. The van der Waals surface area contributed by atoms with Gasteiger partial charge in [0.05, 0.1) is 0 Å². The van der Waals surface area contributed by atoms with Gasteiger partial charge in [0.2, 0.25) is 0 Å². The number of hydrogen-bond acceptors (Lipinski definition) is 2. The van der Waals surface area contributed by atoms with Crippen LogP contribution in [-0.4, -0.2) is 12.3 Å². The molecule has 0 bridgehead atoms. The van der Waals surface area contributed by atoms with E-state index in [-0.39, 0.29) is 6.03 Å². The molecule has 0 heterocycles. The Balaban J connectivity index is 2.02. The number of amides is 2. The fraction of sp³-hybridized carbons (Fsp3) is 0.125. The SMILES string of the molecule is O=[C]CCc1ccccc1NC(=O)Nc1ccc(Br)cc1. The van der Waals surface area contributed by atoms with Gasteiger partial charge >= 0.3 is 6.03 Å². The summed E-state index contributed by atoms with van der Waals surface area (Å²) in [6.45, 7) is 0. The average molecular weight is 346 g/mol. The van der Waals surface area contributed by atoms with Crippen LogP contribution in [0.4, 0.5) is 16.2 Å². The number of rotatable bonds is 5. The monoisotopic (exact) mass is 345 g/mol. The molecule has 1 radical (unpaired) electrons. The Morgan fingerprint density at radius 3 is 2.48 bits per heavy atom. The Kier molecular flexibility index (Phi) is 5.51. The lowest BCUT2D eigenvalue weighted by Gasteiger charge is -2.11. The van der Waals surface area contributed by atoms with Gasteiger partial charge in [0.1, 0.15) is 0 Å². The normalized spacial score (nSPS) is 9.95. The molecule has 4 nitrogen and oxygen atoms in total. The predicted molar refractivity (Wildman–Crippen MR) is 87.2 cm³/mol. The highest BCUT2D eigenvalue weighted by Crippen LogP contribution is 2.18. The molecule has 21 heavy (non-hydrogen) atoms. The van der Waals surface area contributed by atoms with Crippen LogP contribution in [0.15, 0.2) is 53.0 Å². The van der Waals surface area contributed by atoms with Crippen molar-refractivity contribution in [1.29, 1.82) is 0 Å². The zero-order chi connectivity index (χ0) is 15.1. The highest BCUT2D eigenvalue weighted by atomic mass is 79.9. The van der Waals surface area contributed by atoms with E-state index in [0.717, 1.165) is 10.0 Å². The second kappa shape index (κ2) is 7.59. The second-order valence-corrected chi connectivity index (χ2v) is 5.30. The summed E-state index contributed by atoms with van der Waals surface area (Å²) >= 11 is 3.34. The molecule has 0 aromatic heterocycles. The third-order valence-electron chi connectivity index (χ3n) is 2.86. The molecule has 0 saturated carbocycles. The highest BCUT2D eigenvalue weighted by Gasteiger charge is 2.06. The maximum absolute atomic E-state index is 12.0. The minimum atomic E-state index is -0.320. The largest absolute Gasteiger partial charge is 0.323 e. The Morgan fingerprint density at radius 2 is 1.76 bits per heavy atom. The molecule has 0 spiro atoms. The van der Waals surface area contributed by atoms with E-state index in [9.17, 15) is 9.59 Å². The summed E-state index contributed by atoms with van der Waals surface area (Å²) in [5.74, 6) is 0. The first-order valence-corrected chi connectivity index (χ1v) is 7.25. The van der Waals surface area contributed by atoms with Crippen molar-refractivity contribution in [1.82, 2.24) is 0 Å². The molecule has 5 heteroatoms. The number of carbonyl (C=O) groups is 1. The predicted octanol–water partition coefficient (Wildman–Crippen LogP) is 4.14. The highest BCUT2D eigenvalue weighted by molar-refractivity contribution is 9.10. The van der Waals surface area contributed by atoms with Crippen LogP contribution < -0.4 is 10.6 Å². The number of anilines is 2. The van der Waals surface area contributed by atoms with Gasteiger partial charge in [-0.1, -0.05) is 34.1 Å². The molecular formula is C16H14BrN2O2. The smallest absolute Gasteiger partial charge is 0.308 e. The molecule has 0 aliphatic carbocycles. The van der Waals surface area contributed by atoms with Crippen molar-refractivity contribution in [3.8, 4) is 0 Å². The van der Waals surface area contributed by atoms with Crippen LogP contribution in [0.5, 0.6) is 0 Å². The molecule has 107 valence electrons. The quantitative estimate of drug-likeness (QED) is 0.855. The van der Waals surface area contributed by atoms with Crippen molar-refractivity contribution < 1.29 is 9.59 Å². The van der Waals surface area contributed by atoms with Crippen LogP contribution >= 0.6 is 15.9 Å². The summed E-state index contributed by atoms with van der Waals surface area (Å²) in [5.41, 5.74) is 2.31. The average Bonchev–Trinajstić information content (AvgIpc) is 2.49. The van der Waals surface area contributed by atoms with Gasteiger partial charge in [-0.15, -0.1) is 0 Å². The summed E-state index contributed by atoms with van der Waals surface area (Å²) in [6, 6.07) is 14.4. The van der Waals surface area contributed by atoms with Crippen molar-refractivity contribution in [2.45, 2.75) is 12.8 Å². The number of urea groups is 1. The van der Waals surface area contributed by atoms with E-state index in [1.807, 2.05) is 36.6 Å². The van der Waals surface area contributed by atoms with Gasteiger partial charge < -0.3 is 10.6 Å². The summed E-state index contributed by atoms with van der Waals surface area (Å²) in [6.07, 6.45) is 2.73. The molecule has 2 aromatic carbocycles.